The highest BCUT2D eigenvalue weighted by molar-refractivity contribution is 7.98. The number of amides is 2. The molecule has 0 aliphatic heterocycles. The first-order valence-electron chi connectivity index (χ1n) is 9.81. The van der Waals surface area contributed by atoms with Crippen LogP contribution in [0, 0.1) is 11.8 Å². The number of ether oxygens (including phenoxy) is 1. The largest absolute Gasteiger partial charge is 0.497 e. The topological polar surface area (TPSA) is 67.4 Å². The Morgan fingerprint density at radius 1 is 1.19 bits per heavy atom. The molecule has 0 saturated heterocycles. The molecule has 2 N–H and O–H groups in total. The van der Waals surface area contributed by atoms with Gasteiger partial charge in [0, 0.05) is 11.6 Å². The lowest BCUT2D eigenvalue weighted by Gasteiger charge is -2.28. The molecule has 1 atom stereocenters. The zero-order valence-corrected chi connectivity index (χ0v) is 17.4. The molecule has 0 heterocycles. The van der Waals surface area contributed by atoms with E-state index in [-0.39, 0.29) is 17.7 Å². The third-order valence-corrected chi connectivity index (χ3v) is 6.04. The number of anilines is 1. The zero-order valence-electron chi connectivity index (χ0n) is 16.6. The molecule has 150 valence electrons. The molecule has 1 aromatic carbocycles. The van der Waals surface area contributed by atoms with Crippen LogP contribution in [0.3, 0.4) is 0 Å². The minimum atomic E-state index is -0.504. The summed E-state index contributed by atoms with van der Waals surface area (Å²) in [5.74, 6) is 2.22. The molecule has 0 spiro atoms. The van der Waals surface area contributed by atoms with Crippen LogP contribution in [0.5, 0.6) is 5.75 Å². The van der Waals surface area contributed by atoms with Crippen molar-refractivity contribution in [3.63, 3.8) is 0 Å². The van der Waals surface area contributed by atoms with E-state index >= 15 is 0 Å². The Labute approximate surface area is 167 Å². The van der Waals surface area contributed by atoms with E-state index in [1.807, 2.05) is 6.26 Å². The molecule has 0 bridgehead atoms. The van der Waals surface area contributed by atoms with Crippen molar-refractivity contribution in [1.82, 2.24) is 5.32 Å². The summed E-state index contributed by atoms with van der Waals surface area (Å²) >= 11 is 1.68. The first-order valence-corrected chi connectivity index (χ1v) is 11.2. The van der Waals surface area contributed by atoms with E-state index in [4.69, 9.17) is 4.74 Å². The van der Waals surface area contributed by atoms with Gasteiger partial charge in [0.1, 0.15) is 11.8 Å². The van der Waals surface area contributed by atoms with Gasteiger partial charge in [0.2, 0.25) is 11.8 Å². The summed E-state index contributed by atoms with van der Waals surface area (Å²) in [6, 6.07) is 6.71. The maximum atomic E-state index is 12.7. The summed E-state index contributed by atoms with van der Waals surface area (Å²) in [5, 5.41) is 5.92. The molecule has 0 radical (unpaired) electrons. The smallest absolute Gasteiger partial charge is 0.246 e. The second-order valence-corrected chi connectivity index (χ2v) is 8.17. The van der Waals surface area contributed by atoms with Crippen LogP contribution in [0.1, 0.15) is 45.4 Å². The third kappa shape index (κ3) is 6.76. The van der Waals surface area contributed by atoms with Gasteiger partial charge in [0.15, 0.2) is 0 Å². The van der Waals surface area contributed by atoms with Crippen LogP contribution < -0.4 is 15.4 Å². The molecule has 2 amide bonds. The van der Waals surface area contributed by atoms with Gasteiger partial charge in [0.05, 0.1) is 7.11 Å². The van der Waals surface area contributed by atoms with Crippen molar-refractivity contribution in [2.45, 2.75) is 51.5 Å². The molecule has 27 heavy (non-hydrogen) atoms. The van der Waals surface area contributed by atoms with Crippen LogP contribution in [0.2, 0.25) is 0 Å². The van der Waals surface area contributed by atoms with Gasteiger partial charge in [-0.15, -0.1) is 0 Å². The molecule has 1 aromatic rings. The Bertz CT molecular complexity index is 598. The first-order chi connectivity index (χ1) is 13.1. The van der Waals surface area contributed by atoms with Gasteiger partial charge in [-0.05, 0) is 74.3 Å². The van der Waals surface area contributed by atoms with E-state index in [9.17, 15) is 9.59 Å². The van der Waals surface area contributed by atoms with E-state index in [2.05, 4.69) is 17.6 Å². The van der Waals surface area contributed by atoms with Gasteiger partial charge in [0.25, 0.3) is 0 Å². The number of benzene rings is 1. The number of thioether (sulfide) groups is 1. The van der Waals surface area contributed by atoms with E-state index in [1.54, 1.807) is 43.1 Å². The predicted molar refractivity (Wildman–Crippen MR) is 112 cm³/mol. The molecule has 1 saturated carbocycles. The fraction of sp³-hybridized carbons (Fsp3) is 0.619. The second-order valence-electron chi connectivity index (χ2n) is 7.19. The highest BCUT2D eigenvalue weighted by atomic mass is 32.2. The van der Waals surface area contributed by atoms with Gasteiger partial charge >= 0.3 is 0 Å². The minimum Gasteiger partial charge on any atom is -0.497 e. The summed E-state index contributed by atoms with van der Waals surface area (Å²) in [6.07, 6.45) is 7.91. The highest BCUT2D eigenvalue weighted by Gasteiger charge is 2.28. The predicted octanol–water partition coefficient (Wildman–Crippen LogP) is 4.09. The minimum absolute atomic E-state index is 0.0283. The van der Waals surface area contributed by atoms with Crippen molar-refractivity contribution in [3.05, 3.63) is 24.3 Å². The van der Waals surface area contributed by atoms with Crippen LogP contribution in [-0.4, -0.2) is 37.0 Å². The monoisotopic (exact) mass is 392 g/mol. The van der Waals surface area contributed by atoms with Crippen molar-refractivity contribution in [1.29, 1.82) is 0 Å². The quantitative estimate of drug-likeness (QED) is 0.664. The van der Waals surface area contributed by atoms with Crippen LogP contribution in [0.4, 0.5) is 5.69 Å². The third-order valence-electron chi connectivity index (χ3n) is 5.40. The Balaban J connectivity index is 1.94. The van der Waals surface area contributed by atoms with E-state index < -0.39 is 6.04 Å². The van der Waals surface area contributed by atoms with Gasteiger partial charge in [-0.1, -0.05) is 13.3 Å². The molecule has 5 nitrogen and oxygen atoms in total. The summed E-state index contributed by atoms with van der Waals surface area (Å²) in [7, 11) is 1.61. The number of hydrogen-bond donors (Lipinski definition) is 2. The molecule has 1 aliphatic carbocycles. The lowest BCUT2D eigenvalue weighted by Crippen LogP contribution is -2.47. The highest BCUT2D eigenvalue weighted by Crippen LogP contribution is 2.30. The van der Waals surface area contributed by atoms with Crippen molar-refractivity contribution in [3.8, 4) is 5.75 Å². The summed E-state index contributed by atoms with van der Waals surface area (Å²) in [5.41, 5.74) is 0.702. The Kier molecular flexibility index (Phi) is 8.98. The maximum absolute atomic E-state index is 12.7. The fourth-order valence-corrected chi connectivity index (χ4v) is 4.00. The molecule has 1 aliphatic rings. The standard InChI is InChI=1S/C21H32N2O3S/c1-4-15-5-7-16(8-6-15)20(24)23-19(13-14-27-3)21(25)22-17-9-11-18(26-2)12-10-17/h9-12,15-16,19H,4-8,13-14H2,1-3H3,(H,22,25)(H,23,24)/t15?,16?,19-/m0/s1. The molecule has 1 fully saturated rings. The van der Waals surface area contributed by atoms with Crippen LogP contribution >= 0.6 is 11.8 Å². The summed E-state index contributed by atoms with van der Waals surface area (Å²) in [4.78, 5) is 25.4. The summed E-state index contributed by atoms with van der Waals surface area (Å²) in [6.45, 7) is 2.22. The van der Waals surface area contributed by atoms with Gasteiger partial charge in [-0.3, -0.25) is 9.59 Å². The SMILES string of the molecule is CCC1CCC(C(=O)N[C@@H](CCSC)C(=O)Nc2ccc(OC)cc2)CC1. The number of carbonyl (C=O) groups excluding carboxylic acids is 2. The second kappa shape index (κ2) is 11.2. The normalized spacial score (nSPS) is 20.6. The molecule has 2 rings (SSSR count). The van der Waals surface area contributed by atoms with Crippen LogP contribution in [0.15, 0.2) is 24.3 Å². The average Bonchev–Trinajstić information content (AvgIpc) is 2.71. The Hall–Kier alpha value is -1.69. The number of nitrogens with one attached hydrogen (secondary N) is 2. The number of hydrogen-bond acceptors (Lipinski definition) is 4. The van der Waals surface area contributed by atoms with Crippen molar-refractivity contribution < 1.29 is 14.3 Å². The maximum Gasteiger partial charge on any atom is 0.246 e. The fourth-order valence-electron chi connectivity index (χ4n) is 3.53. The number of methoxy groups -OCH3 is 1. The molecular weight excluding hydrogens is 360 g/mol. The average molecular weight is 393 g/mol. The van der Waals surface area contributed by atoms with Crippen molar-refractivity contribution in [2.75, 3.05) is 24.4 Å². The van der Waals surface area contributed by atoms with Gasteiger partial charge < -0.3 is 15.4 Å². The lowest BCUT2D eigenvalue weighted by atomic mass is 9.80. The molecule has 0 unspecified atom stereocenters. The summed E-state index contributed by atoms with van der Waals surface area (Å²) < 4.78 is 5.14. The lowest BCUT2D eigenvalue weighted by molar-refractivity contribution is -0.130. The van der Waals surface area contributed by atoms with E-state index in [0.29, 0.717) is 12.1 Å². The molecule has 0 aromatic heterocycles. The first kappa shape index (κ1) is 21.6. The van der Waals surface area contributed by atoms with Crippen molar-refractivity contribution >= 4 is 29.3 Å². The van der Waals surface area contributed by atoms with Gasteiger partial charge in [-0.25, -0.2) is 0 Å². The van der Waals surface area contributed by atoms with Gasteiger partial charge in [-0.2, -0.15) is 11.8 Å². The Morgan fingerprint density at radius 2 is 1.85 bits per heavy atom. The van der Waals surface area contributed by atoms with Crippen LogP contribution in [-0.2, 0) is 9.59 Å². The van der Waals surface area contributed by atoms with E-state index in [1.165, 1.54) is 6.42 Å². The number of rotatable bonds is 9. The molecule has 6 heteroatoms. The molecular formula is C21H32N2O3S. The Morgan fingerprint density at radius 3 is 2.41 bits per heavy atom. The van der Waals surface area contributed by atoms with Crippen molar-refractivity contribution in [2.24, 2.45) is 11.8 Å². The number of carbonyl (C=O) groups is 2. The van der Waals surface area contributed by atoms with Crippen LogP contribution in [0.25, 0.3) is 0 Å². The zero-order chi connectivity index (χ0) is 19.6. The van der Waals surface area contributed by atoms with E-state index in [0.717, 1.165) is 43.1 Å².